The van der Waals surface area contributed by atoms with E-state index in [1.54, 1.807) is 6.20 Å². The highest BCUT2D eigenvalue weighted by atomic mass is 16.5. The van der Waals surface area contributed by atoms with Crippen LogP contribution in [0, 0.1) is 12.8 Å². The Kier molecular flexibility index (Phi) is 7.05. The third-order valence-electron chi connectivity index (χ3n) is 6.50. The van der Waals surface area contributed by atoms with E-state index in [1.807, 2.05) is 36.9 Å². The van der Waals surface area contributed by atoms with Crippen molar-refractivity contribution in [3.8, 4) is 0 Å². The molecule has 1 aromatic carbocycles. The van der Waals surface area contributed by atoms with Gasteiger partial charge in [0.25, 0.3) is 0 Å². The van der Waals surface area contributed by atoms with Crippen molar-refractivity contribution in [3.63, 3.8) is 0 Å². The van der Waals surface area contributed by atoms with Crippen LogP contribution in [0.1, 0.15) is 36.9 Å². The van der Waals surface area contributed by atoms with Gasteiger partial charge in [0.1, 0.15) is 6.61 Å². The number of piperidine rings is 1. The van der Waals surface area contributed by atoms with E-state index in [9.17, 15) is 9.59 Å². The van der Waals surface area contributed by atoms with Crippen LogP contribution in [0.4, 0.5) is 11.4 Å². The van der Waals surface area contributed by atoms with Gasteiger partial charge < -0.3 is 19.9 Å². The number of rotatable bonds is 7. The topological polar surface area (TPSA) is 74.8 Å². The molecule has 170 valence electrons. The Labute approximate surface area is 189 Å². The lowest BCUT2D eigenvalue weighted by Crippen LogP contribution is -2.52. The molecule has 1 N–H and O–H groups in total. The van der Waals surface area contributed by atoms with Crippen molar-refractivity contribution in [2.75, 3.05) is 49.6 Å². The Morgan fingerprint density at radius 1 is 1.12 bits per heavy atom. The van der Waals surface area contributed by atoms with E-state index in [4.69, 9.17) is 4.74 Å². The van der Waals surface area contributed by atoms with Gasteiger partial charge in [-0.25, -0.2) is 0 Å². The maximum Gasteiger partial charge on any atom is 0.248 e. The van der Waals surface area contributed by atoms with E-state index in [2.05, 4.69) is 33.4 Å². The van der Waals surface area contributed by atoms with E-state index in [-0.39, 0.29) is 24.3 Å². The number of aryl methyl sites for hydroxylation is 1. The summed E-state index contributed by atoms with van der Waals surface area (Å²) in [6, 6.07) is 12.2. The van der Waals surface area contributed by atoms with Crippen molar-refractivity contribution in [2.24, 2.45) is 5.92 Å². The molecule has 2 fully saturated rings. The summed E-state index contributed by atoms with van der Waals surface area (Å²) in [4.78, 5) is 33.1. The molecule has 32 heavy (non-hydrogen) atoms. The molecule has 0 spiro atoms. The van der Waals surface area contributed by atoms with E-state index >= 15 is 0 Å². The number of anilines is 2. The number of likely N-dealkylation sites (tertiary alicyclic amines) is 1. The lowest BCUT2D eigenvalue weighted by Gasteiger charge is -2.40. The first-order valence-electron chi connectivity index (χ1n) is 11.5. The Hall–Kier alpha value is -2.93. The summed E-state index contributed by atoms with van der Waals surface area (Å²) >= 11 is 0. The number of aromatic nitrogens is 1. The number of hydrogen-bond acceptors (Lipinski definition) is 5. The monoisotopic (exact) mass is 436 g/mol. The van der Waals surface area contributed by atoms with Gasteiger partial charge in [-0.3, -0.25) is 14.6 Å². The molecular formula is C25H32N4O3. The van der Waals surface area contributed by atoms with E-state index in [1.165, 1.54) is 5.56 Å². The third-order valence-corrected chi connectivity index (χ3v) is 6.50. The molecule has 2 amide bonds. The molecule has 0 bridgehead atoms. The number of pyridine rings is 1. The molecule has 2 aliphatic rings. The number of ether oxygens (including phenoxy) is 1. The van der Waals surface area contributed by atoms with Crippen LogP contribution in [0.2, 0.25) is 0 Å². The highest BCUT2D eigenvalue weighted by molar-refractivity contribution is 5.94. The molecule has 0 aliphatic carbocycles. The predicted octanol–water partition coefficient (Wildman–Crippen LogP) is 3.21. The minimum Gasteiger partial charge on any atom is -0.372 e. The summed E-state index contributed by atoms with van der Waals surface area (Å²) < 4.78 is 5.24. The molecule has 0 atom stereocenters. The van der Waals surface area contributed by atoms with Crippen molar-refractivity contribution in [2.45, 2.75) is 32.6 Å². The summed E-state index contributed by atoms with van der Waals surface area (Å²) in [7, 11) is 0. The molecule has 2 aliphatic heterocycles. The quantitative estimate of drug-likeness (QED) is 0.721. The molecule has 3 heterocycles. The summed E-state index contributed by atoms with van der Waals surface area (Å²) in [5, 5.41) is 3.05. The summed E-state index contributed by atoms with van der Waals surface area (Å²) in [5.41, 5.74) is 4.19. The zero-order valence-corrected chi connectivity index (χ0v) is 18.9. The van der Waals surface area contributed by atoms with E-state index in [0.717, 1.165) is 56.1 Å². The van der Waals surface area contributed by atoms with Crippen molar-refractivity contribution in [1.29, 1.82) is 0 Å². The molecule has 2 aromatic rings. The molecule has 0 saturated carbocycles. The number of nitrogens with zero attached hydrogens (tertiary/aromatic N) is 3. The van der Waals surface area contributed by atoms with Crippen LogP contribution in [0.25, 0.3) is 0 Å². The van der Waals surface area contributed by atoms with Crippen molar-refractivity contribution < 1.29 is 14.3 Å². The number of carbonyl (C=O) groups excluding carboxylic acids is 2. The zero-order chi connectivity index (χ0) is 22.5. The standard InChI is InChI=1S/C25H32N4O3/c1-3-32-17-24(30)28-13-10-20(11-14-28)19-6-8-22(9-7-19)27-25(31)21-15-29(16-21)23-5-4-12-26-18(23)2/h4-9,12,20-21H,3,10-11,13-17H2,1-2H3,(H,27,31). The van der Waals surface area contributed by atoms with Crippen LogP contribution in [-0.2, 0) is 14.3 Å². The maximum atomic E-state index is 12.6. The van der Waals surface area contributed by atoms with Gasteiger partial charge in [-0.15, -0.1) is 0 Å². The van der Waals surface area contributed by atoms with Gasteiger partial charge in [0.15, 0.2) is 0 Å². The summed E-state index contributed by atoms with van der Waals surface area (Å²) in [5.74, 6) is 0.583. The molecule has 7 nitrogen and oxygen atoms in total. The second-order valence-electron chi connectivity index (χ2n) is 8.61. The number of hydrogen-bond donors (Lipinski definition) is 1. The fourth-order valence-corrected chi connectivity index (χ4v) is 4.48. The van der Waals surface area contributed by atoms with Gasteiger partial charge in [0, 0.05) is 44.7 Å². The van der Waals surface area contributed by atoms with Crippen molar-refractivity contribution >= 4 is 23.2 Å². The molecule has 7 heteroatoms. The number of carbonyl (C=O) groups is 2. The second-order valence-corrected chi connectivity index (χ2v) is 8.61. The molecule has 0 radical (unpaired) electrons. The first kappa shape index (κ1) is 22.3. The Morgan fingerprint density at radius 2 is 1.84 bits per heavy atom. The fourth-order valence-electron chi connectivity index (χ4n) is 4.48. The number of benzene rings is 1. The molecule has 1 aromatic heterocycles. The second kappa shape index (κ2) is 10.1. The Morgan fingerprint density at radius 3 is 2.50 bits per heavy atom. The maximum absolute atomic E-state index is 12.6. The highest BCUT2D eigenvalue weighted by Crippen LogP contribution is 2.30. The van der Waals surface area contributed by atoms with Gasteiger partial charge in [-0.2, -0.15) is 0 Å². The summed E-state index contributed by atoms with van der Waals surface area (Å²) in [6.07, 6.45) is 3.70. The minimum absolute atomic E-state index is 0.00663. The number of nitrogens with one attached hydrogen (secondary N) is 1. The fraction of sp³-hybridized carbons (Fsp3) is 0.480. The van der Waals surface area contributed by atoms with Crippen LogP contribution in [0.15, 0.2) is 42.6 Å². The molecule has 2 saturated heterocycles. The van der Waals surface area contributed by atoms with Gasteiger partial charge in [0.05, 0.1) is 17.3 Å². The first-order chi connectivity index (χ1) is 15.5. The van der Waals surface area contributed by atoms with Crippen LogP contribution >= 0.6 is 0 Å². The molecule has 4 rings (SSSR count). The molecule has 0 unspecified atom stereocenters. The smallest absolute Gasteiger partial charge is 0.248 e. The lowest BCUT2D eigenvalue weighted by atomic mass is 9.89. The normalized spacial score (nSPS) is 17.2. The van der Waals surface area contributed by atoms with Gasteiger partial charge >= 0.3 is 0 Å². The van der Waals surface area contributed by atoms with E-state index < -0.39 is 0 Å². The highest BCUT2D eigenvalue weighted by Gasteiger charge is 2.33. The van der Waals surface area contributed by atoms with Crippen LogP contribution in [0.3, 0.4) is 0 Å². The van der Waals surface area contributed by atoms with Gasteiger partial charge in [0.2, 0.25) is 11.8 Å². The van der Waals surface area contributed by atoms with Crippen LogP contribution in [-0.4, -0.2) is 61.1 Å². The number of amides is 2. The van der Waals surface area contributed by atoms with E-state index in [0.29, 0.717) is 12.5 Å². The first-order valence-corrected chi connectivity index (χ1v) is 11.5. The van der Waals surface area contributed by atoms with Crippen molar-refractivity contribution in [3.05, 3.63) is 53.9 Å². The average Bonchev–Trinajstić information content (AvgIpc) is 2.78. The average molecular weight is 437 g/mol. The Balaban J connectivity index is 1.24. The summed E-state index contributed by atoms with van der Waals surface area (Å²) in [6.45, 7) is 7.61. The minimum atomic E-state index is -0.00663. The molecular weight excluding hydrogens is 404 g/mol. The zero-order valence-electron chi connectivity index (χ0n) is 18.9. The van der Waals surface area contributed by atoms with Crippen LogP contribution in [0.5, 0.6) is 0 Å². The Bertz CT molecular complexity index is 932. The predicted molar refractivity (Wildman–Crippen MR) is 125 cm³/mol. The lowest BCUT2D eigenvalue weighted by molar-refractivity contribution is -0.137. The van der Waals surface area contributed by atoms with Crippen molar-refractivity contribution in [1.82, 2.24) is 9.88 Å². The SMILES string of the molecule is CCOCC(=O)N1CCC(c2ccc(NC(=O)C3CN(c4cccnc4C)C3)cc2)CC1. The van der Waals surface area contributed by atoms with Gasteiger partial charge in [-0.1, -0.05) is 12.1 Å². The third kappa shape index (κ3) is 5.10. The van der Waals surface area contributed by atoms with Gasteiger partial charge in [-0.05, 0) is 62.4 Å². The van der Waals surface area contributed by atoms with Crippen LogP contribution < -0.4 is 10.2 Å². The largest absolute Gasteiger partial charge is 0.372 e.